The zero-order chi connectivity index (χ0) is 9.90. The maximum Gasteiger partial charge on any atom is 0.147 e. The van der Waals surface area contributed by atoms with Gasteiger partial charge in [0.1, 0.15) is 11.6 Å². The highest BCUT2D eigenvalue weighted by atomic mass is 16.2. The van der Waals surface area contributed by atoms with Crippen LogP contribution >= 0.6 is 0 Å². The van der Waals surface area contributed by atoms with Crippen molar-refractivity contribution in [2.24, 2.45) is 5.41 Å². The van der Waals surface area contributed by atoms with Crippen LogP contribution in [0.15, 0.2) is 25.3 Å². The molecule has 0 N–H and O–H groups in total. The summed E-state index contributed by atoms with van der Waals surface area (Å²) in [4.78, 5) is 23.1. The van der Waals surface area contributed by atoms with E-state index in [4.69, 9.17) is 0 Å². The number of carbonyl (C=O) groups excluding carboxylic acids is 2. The third kappa shape index (κ3) is 1.48. The zero-order valence-electron chi connectivity index (χ0n) is 7.71. The van der Waals surface area contributed by atoms with E-state index in [0.717, 1.165) is 0 Å². The summed E-state index contributed by atoms with van der Waals surface area (Å²) in [6.07, 6.45) is 4.98. The minimum Gasteiger partial charge on any atom is -0.299 e. The first-order chi connectivity index (χ1) is 6.17. The Balaban J connectivity index is 2.98. The maximum absolute atomic E-state index is 11.6. The van der Waals surface area contributed by atoms with Crippen LogP contribution < -0.4 is 0 Å². The highest BCUT2D eigenvalue weighted by Crippen LogP contribution is 2.38. The van der Waals surface area contributed by atoms with Gasteiger partial charge in [-0.25, -0.2) is 0 Å². The van der Waals surface area contributed by atoms with E-state index >= 15 is 0 Å². The van der Waals surface area contributed by atoms with Gasteiger partial charge < -0.3 is 0 Å². The van der Waals surface area contributed by atoms with Crippen LogP contribution in [0.5, 0.6) is 0 Å². The second kappa shape index (κ2) is 3.69. The van der Waals surface area contributed by atoms with Crippen LogP contribution in [0.4, 0.5) is 0 Å². The predicted molar refractivity (Wildman–Crippen MR) is 51.3 cm³/mol. The van der Waals surface area contributed by atoms with Crippen molar-refractivity contribution in [3.05, 3.63) is 25.3 Å². The monoisotopic (exact) mass is 178 g/mol. The van der Waals surface area contributed by atoms with Crippen molar-refractivity contribution >= 4 is 11.6 Å². The molecule has 1 fully saturated rings. The minimum absolute atomic E-state index is 0.0531. The molecule has 0 aromatic heterocycles. The van der Waals surface area contributed by atoms with E-state index in [1.54, 1.807) is 12.2 Å². The van der Waals surface area contributed by atoms with Crippen LogP contribution in [0.1, 0.15) is 25.7 Å². The normalized spacial score (nSPS) is 20.3. The molecular formula is C11H14O2. The number of rotatable bonds is 4. The van der Waals surface area contributed by atoms with Gasteiger partial charge in [0.05, 0.1) is 5.41 Å². The third-order valence-electron chi connectivity index (χ3n) is 2.63. The van der Waals surface area contributed by atoms with E-state index in [2.05, 4.69) is 13.2 Å². The van der Waals surface area contributed by atoms with E-state index in [1.165, 1.54) is 0 Å². The molecule has 13 heavy (non-hydrogen) atoms. The Bertz CT molecular complexity index is 235. The van der Waals surface area contributed by atoms with E-state index in [-0.39, 0.29) is 11.6 Å². The first kappa shape index (κ1) is 9.90. The van der Waals surface area contributed by atoms with Gasteiger partial charge in [0.25, 0.3) is 0 Å². The Morgan fingerprint density at radius 1 is 1.08 bits per heavy atom. The van der Waals surface area contributed by atoms with Gasteiger partial charge in [-0.1, -0.05) is 12.2 Å². The number of ketones is 2. The van der Waals surface area contributed by atoms with Crippen molar-refractivity contribution in [3.63, 3.8) is 0 Å². The molecule has 0 atom stereocenters. The molecule has 70 valence electrons. The number of hydrogen-bond donors (Lipinski definition) is 0. The molecule has 0 radical (unpaired) electrons. The average molecular weight is 178 g/mol. The zero-order valence-corrected chi connectivity index (χ0v) is 7.71. The molecule has 0 aromatic rings. The molecule has 1 aliphatic rings. The summed E-state index contributed by atoms with van der Waals surface area (Å²) in [5.41, 5.74) is -0.802. The topological polar surface area (TPSA) is 34.1 Å². The van der Waals surface area contributed by atoms with Gasteiger partial charge in [0.2, 0.25) is 0 Å². The Kier molecular flexibility index (Phi) is 2.81. The summed E-state index contributed by atoms with van der Waals surface area (Å²) in [6, 6.07) is 0. The molecule has 0 spiro atoms. The van der Waals surface area contributed by atoms with Crippen LogP contribution in [-0.4, -0.2) is 11.6 Å². The van der Waals surface area contributed by atoms with Crippen molar-refractivity contribution < 1.29 is 9.59 Å². The molecule has 2 nitrogen and oxygen atoms in total. The van der Waals surface area contributed by atoms with Gasteiger partial charge in [-0.3, -0.25) is 9.59 Å². The molecule has 0 unspecified atom stereocenters. The first-order valence-electron chi connectivity index (χ1n) is 4.46. The van der Waals surface area contributed by atoms with Gasteiger partial charge in [0.15, 0.2) is 0 Å². The molecule has 0 saturated heterocycles. The van der Waals surface area contributed by atoms with E-state index in [9.17, 15) is 9.59 Å². The summed E-state index contributed by atoms with van der Waals surface area (Å²) in [5.74, 6) is 0.106. The smallest absolute Gasteiger partial charge is 0.147 e. The lowest BCUT2D eigenvalue weighted by molar-refractivity contribution is -0.134. The summed E-state index contributed by atoms with van der Waals surface area (Å²) >= 11 is 0. The number of Topliss-reactive ketones (excluding diaryl/α,β-unsaturated/α-hetero) is 2. The second-order valence-electron chi connectivity index (χ2n) is 3.41. The minimum atomic E-state index is -0.802. The van der Waals surface area contributed by atoms with Crippen molar-refractivity contribution in [1.82, 2.24) is 0 Å². The Hall–Kier alpha value is -1.18. The number of hydrogen-bond acceptors (Lipinski definition) is 2. The van der Waals surface area contributed by atoms with Gasteiger partial charge >= 0.3 is 0 Å². The fourth-order valence-electron chi connectivity index (χ4n) is 1.89. The molecule has 0 aliphatic heterocycles. The van der Waals surface area contributed by atoms with Gasteiger partial charge in [0, 0.05) is 12.8 Å². The summed E-state index contributed by atoms with van der Waals surface area (Å²) < 4.78 is 0. The van der Waals surface area contributed by atoms with Crippen molar-refractivity contribution in [1.29, 1.82) is 0 Å². The Morgan fingerprint density at radius 2 is 1.46 bits per heavy atom. The predicted octanol–water partition coefficient (Wildman–Crippen LogP) is 2.06. The van der Waals surface area contributed by atoms with E-state index in [0.29, 0.717) is 25.7 Å². The lowest BCUT2D eigenvalue weighted by Gasteiger charge is -2.22. The molecule has 1 aliphatic carbocycles. The van der Waals surface area contributed by atoms with Gasteiger partial charge in [-0.05, 0) is 12.8 Å². The van der Waals surface area contributed by atoms with Gasteiger partial charge in [-0.2, -0.15) is 0 Å². The number of allylic oxidation sites excluding steroid dienone is 2. The SMILES string of the molecule is C=CCC1(CC=C)C(=O)CCC1=O. The summed E-state index contributed by atoms with van der Waals surface area (Å²) in [6.45, 7) is 7.16. The number of carbonyl (C=O) groups is 2. The maximum atomic E-state index is 11.6. The standard InChI is InChI=1S/C11H14O2/c1-3-7-11(8-4-2)9(12)5-6-10(11)13/h3-4H,1-2,5-8H2. The van der Waals surface area contributed by atoms with Crippen molar-refractivity contribution in [2.75, 3.05) is 0 Å². The second-order valence-corrected chi connectivity index (χ2v) is 3.41. The molecule has 0 amide bonds. The van der Waals surface area contributed by atoms with Crippen LogP contribution in [0, 0.1) is 5.41 Å². The Labute approximate surface area is 78.3 Å². The van der Waals surface area contributed by atoms with E-state index < -0.39 is 5.41 Å². The molecular weight excluding hydrogens is 164 g/mol. The quantitative estimate of drug-likeness (QED) is 0.487. The van der Waals surface area contributed by atoms with Gasteiger partial charge in [-0.15, -0.1) is 13.2 Å². The Morgan fingerprint density at radius 3 is 1.77 bits per heavy atom. The highest BCUT2D eigenvalue weighted by Gasteiger charge is 2.46. The van der Waals surface area contributed by atoms with Crippen LogP contribution in [0.25, 0.3) is 0 Å². The van der Waals surface area contributed by atoms with Crippen LogP contribution in [0.2, 0.25) is 0 Å². The highest BCUT2D eigenvalue weighted by molar-refractivity contribution is 6.13. The van der Waals surface area contributed by atoms with Crippen molar-refractivity contribution in [2.45, 2.75) is 25.7 Å². The lowest BCUT2D eigenvalue weighted by Crippen LogP contribution is -2.31. The summed E-state index contributed by atoms with van der Waals surface area (Å²) in [5, 5.41) is 0. The average Bonchev–Trinajstić information content (AvgIpc) is 2.35. The van der Waals surface area contributed by atoms with E-state index in [1.807, 2.05) is 0 Å². The first-order valence-corrected chi connectivity index (χ1v) is 4.46. The molecule has 1 rings (SSSR count). The largest absolute Gasteiger partial charge is 0.299 e. The lowest BCUT2D eigenvalue weighted by atomic mass is 9.78. The molecule has 0 heterocycles. The van der Waals surface area contributed by atoms with Crippen LogP contribution in [0.3, 0.4) is 0 Å². The fourth-order valence-corrected chi connectivity index (χ4v) is 1.89. The molecule has 0 aromatic carbocycles. The summed E-state index contributed by atoms with van der Waals surface area (Å²) in [7, 11) is 0. The molecule has 0 bridgehead atoms. The van der Waals surface area contributed by atoms with Crippen LogP contribution in [-0.2, 0) is 9.59 Å². The van der Waals surface area contributed by atoms with Crippen molar-refractivity contribution in [3.8, 4) is 0 Å². The fraction of sp³-hybridized carbons (Fsp3) is 0.455. The molecule has 2 heteroatoms. The molecule has 1 saturated carbocycles. The third-order valence-corrected chi connectivity index (χ3v) is 2.63.